The van der Waals surface area contributed by atoms with E-state index in [2.05, 4.69) is 10.1 Å². The zero-order chi connectivity index (χ0) is 11.7. The van der Waals surface area contributed by atoms with E-state index in [9.17, 15) is 4.79 Å². The summed E-state index contributed by atoms with van der Waals surface area (Å²) in [6.45, 7) is 1.86. The van der Waals surface area contributed by atoms with Crippen molar-refractivity contribution in [2.24, 2.45) is 5.73 Å². The summed E-state index contributed by atoms with van der Waals surface area (Å²) in [6.07, 6.45) is 3.17. The lowest BCUT2D eigenvalue weighted by Gasteiger charge is -2.00. The highest BCUT2D eigenvalue weighted by molar-refractivity contribution is 5.92. The Kier molecular flexibility index (Phi) is 2.32. The molecule has 16 heavy (non-hydrogen) atoms. The molecule has 2 aromatic heterocycles. The summed E-state index contributed by atoms with van der Waals surface area (Å²) < 4.78 is 1.55. The van der Waals surface area contributed by atoms with Gasteiger partial charge in [-0.3, -0.25) is 4.79 Å². The smallest absolute Gasteiger partial charge is 0.250 e. The molecule has 1 amide bonds. The number of nitrogen functional groups attached to an aromatic ring is 1. The maximum absolute atomic E-state index is 10.8. The molecule has 0 aromatic carbocycles. The zero-order valence-electron chi connectivity index (χ0n) is 8.71. The molecular formula is C10H11N5O. The number of carbonyl (C=O) groups excluding carboxylic acids is 1. The monoisotopic (exact) mass is 217 g/mol. The van der Waals surface area contributed by atoms with E-state index in [1.807, 2.05) is 6.92 Å². The molecule has 6 nitrogen and oxygen atoms in total. The second-order valence-corrected chi connectivity index (χ2v) is 3.41. The van der Waals surface area contributed by atoms with Crippen LogP contribution in [0.15, 0.2) is 24.5 Å². The number of anilines is 1. The number of nitrogens with zero attached hydrogens (tertiary/aromatic N) is 3. The first kappa shape index (κ1) is 10.2. The second kappa shape index (κ2) is 3.65. The van der Waals surface area contributed by atoms with Crippen molar-refractivity contribution in [3.63, 3.8) is 0 Å². The van der Waals surface area contributed by atoms with Gasteiger partial charge >= 0.3 is 0 Å². The standard InChI is InChI=1S/C10H11N5O/c1-6-5-15(14-9(6)11)8-3-2-7(4-13-8)10(12)16/h2-5H,1H3,(H2,11,14)(H2,12,16). The van der Waals surface area contributed by atoms with Crippen LogP contribution in [0.4, 0.5) is 5.82 Å². The van der Waals surface area contributed by atoms with Crippen LogP contribution in [-0.2, 0) is 0 Å². The summed E-state index contributed by atoms with van der Waals surface area (Å²) in [7, 11) is 0. The largest absolute Gasteiger partial charge is 0.382 e. The van der Waals surface area contributed by atoms with E-state index >= 15 is 0 Å². The van der Waals surface area contributed by atoms with E-state index in [-0.39, 0.29) is 0 Å². The van der Waals surface area contributed by atoms with Gasteiger partial charge in [-0.15, -0.1) is 5.10 Å². The molecule has 0 spiro atoms. The Morgan fingerprint density at radius 3 is 2.62 bits per heavy atom. The molecule has 0 atom stereocenters. The van der Waals surface area contributed by atoms with Crippen molar-refractivity contribution in [2.45, 2.75) is 6.92 Å². The molecular weight excluding hydrogens is 206 g/mol. The van der Waals surface area contributed by atoms with Gasteiger partial charge in [0.1, 0.15) is 5.82 Å². The van der Waals surface area contributed by atoms with Gasteiger partial charge in [0, 0.05) is 18.0 Å². The Hall–Kier alpha value is -2.37. The molecule has 0 aliphatic carbocycles. The van der Waals surface area contributed by atoms with Crippen LogP contribution in [0.3, 0.4) is 0 Å². The Balaban J connectivity index is 2.38. The number of nitrogens with two attached hydrogens (primary N) is 2. The lowest BCUT2D eigenvalue weighted by atomic mass is 10.3. The topological polar surface area (TPSA) is 99.8 Å². The highest BCUT2D eigenvalue weighted by Crippen LogP contribution is 2.11. The fraction of sp³-hybridized carbons (Fsp3) is 0.100. The van der Waals surface area contributed by atoms with Crippen LogP contribution < -0.4 is 11.5 Å². The minimum atomic E-state index is -0.504. The van der Waals surface area contributed by atoms with Crippen molar-refractivity contribution in [3.05, 3.63) is 35.7 Å². The molecule has 0 bridgehead atoms. The fourth-order valence-corrected chi connectivity index (χ4v) is 1.26. The number of hydrogen-bond acceptors (Lipinski definition) is 4. The lowest BCUT2D eigenvalue weighted by Crippen LogP contribution is -2.11. The van der Waals surface area contributed by atoms with E-state index in [4.69, 9.17) is 11.5 Å². The van der Waals surface area contributed by atoms with Crippen molar-refractivity contribution >= 4 is 11.7 Å². The second-order valence-electron chi connectivity index (χ2n) is 3.41. The van der Waals surface area contributed by atoms with E-state index in [0.29, 0.717) is 17.2 Å². The third kappa shape index (κ3) is 1.72. The molecule has 0 unspecified atom stereocenters. The van der Waals surface area contributed by atoms with Crippen molar-refractivity contribution in [1.29, 1.82) is 0 Å². The third-order valence-electron chi connectivity index (χ3n) is 2.20. The molecule has 0 saturated carbocycles. The van der Waals surface area contributed by atoms with Crippen LogP contribution in [0, 0.1) is 6.92 Å². The Morgan fingerprint density at radius 2 is 2.19 bits per heavy atom. The number of rotatable bonds is 2. The summed E-state index contributed by atoms with van der Waals surface area (Å²) in [6, 6.07) is 3.25. The Morgan fingerprint density at radius 1 is 1.44 bits per heavy atom. The van der Waals surface area contributed by atoms with Crippen LogP contribution in [0.1, 0.15) is 15.9 Å². The summed E-state index contributed by atoms with van der Waals surface area (Å²) in [5.74, 6) is 0.542. The molecule has 0 radical (unpaired) electrons. The summed E-state index contributed by atoms with van der Waals surface area (Å²) in [5, 5.41) is 4.07. The SMILES string of the molecule is Cc1cn(-c2ccc(C(N)=O)cn2)nc1N. The minimum Gasteiger partial charge on any atom is -0.382 e. The first-order valence-electron chi connectivity index (χ1n) is 4.66. The van der Waals surface area contributed by atoms with Crippen molar-refractivity contribution in [2.75, 3.05) is 5.73 Å². The van der Waals surface area contributed by atoms with Gasteiger partial charge < -0.3 is 11.5 Å². The van der Waals surface area contributed by atoms with Gasteiger partial charge in [-0.05, 0) is 19.1 Å². The maximum Gasteiger partial charge on any atom is 0.250 e. The molecule has 0 aliphatic heterocycles. The number of aromatic nitrogens is 3. The van der Waals surface area contributed by atoms with Crippen LogP contribution in [0.2, 0.25) is 0 Å². The predicted molar refractivity (Wildman–Crippen MR) is 59.0 cm³/mol. The first-order valence-corrected chi connectivity index (χ1v) is 4.66. The van der Waals surface area contributed by atoms with Gasteiger partial charge in [-0.2, -0.15) is 0 Å². The van der Waals surface area contributed by atoms with Gasteiger partial charge in [0.25, 0.3) is 0 Å². The average molecular weight is 217 g/mol. The number of amides is 1. The van der Waals surface area contributed by atoms with E-state index in [1.54, 1.807) is 23.0 Å². The number of carbonyl (C=O) groups is 1. The van der Waals surface area contributed by atoms with E-state index in [0.717, 1.165) is 5.56 Å². The van der Waals surface area contributed by atoms with Gasteiger partial charge in [-0.25, -0.2) is 9.67 Å². The summed E-state index contributed by atoms with van der Waals surface area (Å²) in [5.41, 5.74) is 12.0. The van der Waals surface area contributed by atoms with Crippen LogP contribution in [-0.4, -0.2) is 20.7 Å². The van der Waals surface area contributed by atoms with E-state index in [1.165, 1.54) is 6.20 Å². The van der Waals surface area contributed by atoms with Gasteiger partial charge in [0.05, 0.1) is 5.56 Å². The first-order chi connectivity index (χ1) is 7.58. The maximum atomic E-state index is 10.8. The van der Waals surface area contributed by atoms with Crippen molar-refractivity contribution in [3.8, 4) is 5.82 Å². The fourth-order valence-electron chi connectivity index (χ4n) is 1.26. The summed E-state index contributed by atoms with van der Waals surface area (Å²) >= 11 is 0. The molecule has 82 valence electrons. The molecule has 2 heterocycles. The average Bonchev–Trinajstić information content (AvgIpc) is 2.59. The van der Waals surface area contributed by atoms with Crippen LogP contribution in [0.5, 0.6) is 0 Å². The lowest BCUT2D eigenvalue weighted by molar-refractivity contribution is 0.1000. The van der Waals surface area contributed by atoms with Crippen LogP contribution >= 0.6 is 0 Å². The molecule has 2 aromatic rings. The highest BCUT2D eigenvalue weighted by atomic mass is 16.1. The van der Waals surface area contributed by atoms with Gasteiger partial charge in [0.2, 0.25) is 5.91 Å². The normalized spacial score (nSPS) is 10.3. The van der Waals surface area contributed by atoms with Crippen molar-refractivity contribution in [1.82, 2.24) is 14.8 Å². The number of hydrogen-bond donors (Lipinski definition) is 2. The molecule has 4 N–H and O–H groups in total. The predicted octanol–water partition coefficient (Wildman–Crippen LogP) is 0.257. The molecule has 6 heteroatoms. The molecule has 2 rings (SSSR count). The zero-order valence-corrected chi connectivity index (χ0v) is 8.71. The third-order valence-corrected chi connectivity index (χ3v) is 2.20. The molecule has 0 aliphatic rings. The Labute approximate surface area is 91.9 Å². The summed E-state index contributed by atoms with van der Waals surface area (Å²) in [4.78, 5) is 14.9. The molecule has 0 fully saturated rings. The van der Waals surface area contributed by atoms with Crippen molar-refractivity contribution < 1.29 is 4.79 Å². The Bertz CT molecular complexity index is 509. The highest BCUT2D eigenvalue weighted by Gasteiger charge is 2.05. The van der Waals surface area contributed by atoms with E-state index < -0.39 is 5.91 Å². The van der Waals surface area contributed by atoms with Gasteiger partial charge in [0.15, 0.2) is 5.82 Å². The minimum absolute atomic E-state index is 0.362. The molecule has 0 saturated heterocycles. The number of aryl methyl sites for hydroxylation is 1. The van der Waals surface area contributed by atoms with Crippen LogP contribution in [0.25, 0.3) is 5.82 Å². The van der Waals surface area contributed by atoms with Gasteiger partial charge in [-0.1, -0.05) is 0 Å². The quantitative estimate of drug-likeness (QED) is 0.753. The number of pyridine rings is 1. The number of primary amides is 1.